The molecular weight excluding hydrogens is 876 g/mol. The van der Waals surface area contributed by atoms with Gasteiger partial charge in [-0.05, 0) is 70.6 Å². The third-order valence-electron chi connectivity index (χ3n) is 13.2. The predicted octanol–water partition coefficient (Wildman–Crippen LogP) is 17.3. The van der Waals surface area contributed by atoms with Gasteiger partial charge in [0.25, 0.3) is 7.82 Å². The van der Waals surface area contributed by atoms with E-state index in [0.717, 1.165) is 44.9 Å². The number of likely N-dealkylation sites (N-methyl/N-ethyl adjacent to an activating group) is 1. The fourth-order valence-electron chi connectivity index (χ4n) is 8.59. The molecule has 0 aromatic heterocycles. The first-order valence-electron chi connectivity index (χ1n) is 29.5. The summed E-state index contributed by atoms with van der Waals surface area (Å²) >= 11 is 0. The molecule has 9 heteroatoms. The Morgan fingerprint density at radius 1 is 0.493 bits per heavy atom. The zero-order chi connectivity index (χ0) is 50.6. The number of nitrogens with one attached hydrogen (secondary N) is 1. The van der Waals surface area contributed by atoms with Gasteiger partial charge in [-0.25, -0.2) is 0 Å². The van der Waals surface area contributed by atoms with Crippen LogP contribution in [-0.4, -0.2) is 68.5 Å². The summed E-state index contributed by atoms with van der Waals surface area (Å²) in [6, 6.07) is -0.911. The summed E-state index contributed by atoms with van der Waals surface area (Å²) < 4.78 is 23.3. The molecule has 406 valence electrons. The molecule has 0 aromatic carbocycles. The molecule has 0 rings (SSSR count). The maximum Gasteiger partial charge on any atom is 0.268 e. The quantitative estimate of drug-likeness (QED) is 0.0272. The van der Waals surface area contributed by atoms with Crippen LogP contribution >= 0.6 is 7.82 Å². The number of nitrogens with zero attached hydrogens (tertiary/aromatic N) is 1. The van der Waals surface area contributed by atoms with Crippen LogP contribution in [0.1, 0.15) is 277 Å². The van der Waals surface area contributed by atoms with Gasteiger partial charge in [-0.2, -0.15) is 0 Å². The van der Waals surface area contributed by atoms with E-state index in [9.17, 15) is 19.4 Å². The molecule has 0 aliphatic rings. The van der Waals surface area contributed by atoms with Crippen molar-refractivity contribution in [3.8, 4) is 0 Å². The van der Waals surface area contributed by atoms with E-state index in [-0.39, 0.29) is 12.5 Å². The van der Waals surface area contributed by atoms with E-state index in [1.807, 2.05) is 27.2 Å². The number of aliphatic hydroxyl groups excluding tert-OH is 1. The maximum absolute atomic E-state index is 13.0. The summed E-state index contributed by atoms with van der Waals surface area (Å²) in [7, 11) is 1.24. The third-order valence-corrected chi connectivity index (χ3v) is 14.2. The van der Waals surface area contributed by atoms with Gasteiger partial charge in [0.1, 0.15) is 13.2 Å². The molecule has 3 atom stereocenters. The Morgan fingerprint density at radius 2 is 0.812 bits per heavy atom. The molecule has 0 fully saturated rings. The predicted molar refractivity (Wildman–Crippen MR) is 298 cm³/mol. The van der Waals surface area contributed by atoms with Crippen LogP contribution in [0, 0.1) is 0 Å². The summed E-state index contributed by atoms with van der Waals surface area (Å²) in [4.78, 5) is 25.5. The van der Waals surface area contributed by atoms with Crippen molar-refractivity contribution in [2.75, 3.05) is 40.9 Å². The van der Waals surface area contributed by atoms with Crippen LogP contribution in [0.4, 0.5) is 0 Å². The standard InChI is InChI=1S/C60H115N2O6P/c1-6-8-10-12-14-16-18-20-22-24-26-27-28-29-30-31-32-33-34-36-38-40-42-44-46-48-50-52-54-60(64)61-58(57-68-69(65,66)67-56-55-62(3,4)5)59(63)53-51-49-47-45-43-41-39-37-35-25-23-21-19-17-15-13-11-9-7-2/h29-30,35,37,43,45,51,53,58-59,63H,6-28,31-34,36,38-42,44,46-50,52,54-57H2,1-5H3,(H-,61,64,65,66)/b30-29-,37-35+,45-43+,53-51+. The van der Waals surface area contributed by atoms with E-state index in [2.05, 4.69) is 55.6 Å². The average molecular weight is 992 g/mol. The number of carbonyl (C=O) groups is 1. The SMILES string of the molecule is CCCCCCCCCCC/C=C/CC/C=C/CC/C=C/C(O)C(COP(=O)([O-])OCC[N+](C)(C)C)NC(=O)CCCCCCCCCCCCCC/C=C\CCCCCCCCCCCCCC. The normalized spacial score (nSPS) is 14.2. The topological polar surface area (TPSA) is 108 Å². The monoisotopic (exact) mass is 991 g/mol. The molecule has 8 nitrogen and oxygen atoms in total. The zero-order valence-corrected chi connectivity index (χ0v) is 47.2. The largest absolute Gasteiger partial charge is 0.756 e. The highest BCUT2D eigenvalue weighted by molar-refractivity contribution is 7.45. The molecule has 0 spiro atoms. The van der Waals surface area contributed by atoms with Crippen molar-refractivity contribution in [3.05, 3.63) is 48.6 Å². The smallest absolute Gasteiger partial charge is 0.268 e. The van der Waals surface area contributed by atoms with Gasteiger partial charge in [-0.15, -0.1) is 0 Å². The van der Waals surface area contributed by atoms with E-state index in [1.165, 1.54) is 212 Å². The number of hydrogen-bond acceptors (Lipinski definition) is 6. The molecule has 0 aliphatic carbocycles. The highest BCUT2D eigenvalue weighted by Crippen LogP contribution is 2.38. The second-order valence-corrected chi connectivity index (χ2v) is 22.7. The summed E-state index contributed by atoms with van der Waals surface area (Å²) in [5.74, 6) is -0.210. The number of carbonyl (C=O) groups excluding carboxylic acids is 1. The van der Waals surface area contributed by atoms with Crippen molar-refractivity contribution in [2.24, 2.45) is 0 Å². The van der Waals surface area contributed by atoms with Crippen LogP contribution in [0.3, 0.4) is 0 Å². The van der Waals surface area contributed by atoms with Crippen LogP contribution in [0.2, 0.25) is 0 Å². The first kappa shape index (κ1) is 67.5. The van der Waals surface area contributed by atoms with Crippen LogP contribution < -0.4 is 10.2 Å². The van der Waals surface area contributed by atoms with E-state index in [4.69, 9.17) is 9.05 Å². The lowest BCUT2D eigenvalue weighted by atomic mass is 10.0. The minimum Gasteiger partial charge on any atom is -0.756 e. The van der Waals surface area contributed by atoms with Gasteiger partial charge >= 0.3 is 0 Å². The van der Waals surface area contributed by atoms with Crippen LogP contribution in [-0.2, 0) is 18.4 Å². The Labute approximate surface area is 429 Å². The molecule has 0 aliphatic heterocycles. The minimum atomic E-state index is -4.61. The molecule has 1 amide bonds. The van der Waals surface area contributed by atoms with Crippen molar-refractivity contribution in [1.82, 2.24) is 5.32 Å². The number of amides is 1. The first-order valence-corrected chi connectivity index (χ1v) is 31.0. The van der Waals surface area contributed by atoms with E-state index in [0.29, 0.717) is 17.4 Å². The number of allylic oxidation sites excluding steroid dienone is 7. The molecule has 0 aromatic rings. The average Bonchev–Trinajstić information content (AvgIpc) is 3.31. The highest BCUT2D eigenvalue weighted by atomic mass is 31.2. The summed E-state index contributed by atoms with van der Waals surface area (Å²) in [5, 5.41) is 13.9. The van der Waals surface area contributed by atoms with Gasteiger partial charge in [0.2, 0.25) is 5.91 Å². The molecule has 69 heavy (non-hydrogen) atoms. The number of phosphoric acid groups is 1. The highest BCUT2D eigenvalue weighted by Gasteiger charge is 2.23. The van der Waals surface area contributed by atoms with Gasteiger partial charge in [0, 0.05) is 6.42 Å². The fraction of sp³-hybridized carbons (Fsp3) is 0.850. The Morgan fingerprint density at radius 3 is 1.17 bits per heavy atom. The van der Waals surface area contributed by atoms with Crippen LogP contribution in [0.25, 0.3) is 0 Å². The van der Waals surface area contributed by atoms with Crippen molar-refractivity contribution >= 4 is 13.7 Å². The lowest BCUT2D eigenvalue weighted by Crippen LogP contribution is -2.45. The van der Waals surface area contributed by atoms with Crippen LogP contribution in [0.15, 0.2) is 48.6 Å². The second-order valence-electron chi connectivity index (χ2n) is 21.3. The van der Waals surface area contributed by atoms with Gasteiger partial charge in [0.15, 0.2) is 0 Å². The number of hydrogen-bond donors (Lipinski definition) is 2. The van der Waals surface area contributed by atoms with E-state index >= 15 is 0 Å². The third kappa shape index (κ3) is 54.1. The van der Waals surface area contributed by atoms with Gasteiger partial charge in [0.05, 0.1) is 39.9 Å². The Hall–Kier alpha value is -1.54. The molecule has 2 N–H and O–H groups in total. The Balaban J connectivity index is 4.20. The number of quaternary nitrogens is 1. The van der Waals surface area contributed by atoms with Gasteiger partial charge in [-0.1, -0.05) is 249 Å². The molecule has 0 saturated carbocycles. The molecule has 0 saturated heterocycles. The molecule has 0 radical (unpaired) electrons. The molecular formula is C60H115N2O6P. The van der Waals surface area contributed by atoms with Crippen molar-refractivity contribution in [1.29, 1.82) is 0 Å². The fourth-order valence-corrected chi connectivity index (χ4v) is 9.32. The molecule has 3 unspecified atom stereocenters. The maximum atomic E-state index is 13.0. The lowest BCUT2D eigenvalue weighted by Gasteiger charge is -2.29. The van der Waals surface area contributed by atoms with Gasteiger partial charge < -0.3 is 28.8 Å². The van der Waals surface area contributed by atoms with E-state index < -0.39 is 26.6 Å². The molecule has 0 heterocycles. The van der Waals surface area contributed by atoms with Crippen molar-refractivity contribution in [2.45, 2.75) is 289 Å². The van der Waals surface area contributed by atoms with Gasteiger partial charge in [-0.3, -0.25) is 9.36 Å². The first-order chi connectivity index (χ1) is 33.5. The summed E-state index contributed by atoms with van der Waals surface area (Å²) in [5.41, 5.74) is 0. The van der Waals surface area contributed by atoms with Crippen molar-refractivity contribution < 1.29 is 32.9 Å². The summed E-state index contributed by atoms with van der Waals surface area (Å²) in [6.07, 6.45) is 67.7. The second kappa shape index (κ2) is 51.4. The number of aliphatic hydroxyl groups is 1. The van der Waals surface area contributed by atoms with Crippen molar-refractivity contribution in [3.63, 3.8) is 0 Å². The van der Waals surface area contributed by atoms with Crippen LogP contribution in [0.5, 0.6) is 0 Å². The molecule has 0 bridgehead atoms. The number of rotatable bonds is 54. The zero-order valence-electron chi connectivity index (χ0n) is 46.3. The Kier molecular flexibility index (Phi) is 50.2. The number of unbranched alkanes of at least 4 members (excludes halogenated alkanes) is 35. The number of phosphoric ester groups is 1. The minimum absolute atomic E-state index is 0.00918. The lowest BCUT2D eigenvalue weighted by molar-refractivity contribution is -0.870. The Bertz CT molecular complexity index is 1260. The van der Waals surface area contributed by atoms with E-state index in [1.54, 1.807) is 6.08 Å². The summed E-state index contributed by atoms with van der Waals surface area (Å²) in [6.45, 7) is 4.64.